The number of carbonyl (C=O) groups is 1. The molecule has 9 nitrogen and oxygen atoms in total. The third-order valence-electron chi connectivity index (χ3n) is 3.27. The van der Waals surface area contributed by atoms with Gasteiger partial charge >= 0.3 is 59.1 Å². The van der Waals surface area contributed by atoms with Crippen molar-refractivity contribution in [3.63, 3.8) is 0 Å². The van der Waals surface area contributed by atoms with Crippen LogP contribution in [-0.2, 0) is 9.13 Å². The standard InChI is InChI=1S/C12H19NO8P2.2Na/c1-9-5-2-3-6-10(9)11(14)13-8-4-7-12(15,22(16,17)18)23(19,20)21;;/h2-3,5-6,15H,4,7-8H2,1H3,(H,13,14)(H2,16,17,18)(H2,19,20,21);;/q;2*+1/p-2. The van der Waals surface area contributed by atoms with E-state index < -0.39 is 32.6 Å². The van der Waals surface area contributed by atoms with Gasteiger partial charge in [0.05, 0.1) is 0 Å². The molecule has 0 spiro atoms. The van der Waals surface area contributed by atoms with Gasteiger partial charge in [0.15, 0.2) is 20.3 Å². The summed E-state index contributed by atoms with van der Waals surface area (Å²) in [6.07, 6.45) is -1.30. The molecule has 1 aromatic carbocycles. The van der Waals surface area contributed by atoms with E-state index in [9.17, 15) is 28.8 Å². The molecule has 1 rings (SSSR count). The second-order valence-corrected chi connectivity index (χ2v) is 8.90. The first-order valence-corrected chi connectivity index (χ1v) is 9.69. The van der Waals surface area contributed by atoms with Crippen molar-refractivity contribution in [2.45, 2.75) is 24.8 Å². The summed E-state index contributed by atoms with van der Waals surface area (Å²) in [6.45, 7) is 1.54. The van der Waals surface area contributed by atoms with E-state index in [1.165, 1.54) is 0 Å². The van der Waals surface area contributed by atoms with Crippen LogP contribution in [0.1, 0.15) is 28.8 Å². The van der Waals surface area contributed by atoms with Gasteiger partial charge in [-0.15, -0.1) is 0 Å². The predicted molar refractivity (Wildman–Crippen MR) is 77.3 cm³/mol. The molecule has 0 radical (unpaired) electrons. The Labute approximate surface area is 189 Å². The first kappa shape index (κ1) is 28.2. The summed E-state index contributed by atoms with van der Waals surface area (Å²) in [4.78, 5) is 51.5. The van der Waals surface area contributed by atoms with Crippen molar-refractivity contribution in [1.29, 1.82) is 0 Å². The smallest absolute Gasteiger partial charge is 0.776 e. The van der Waals surface area contributed by atoms with Crippen molar-refractivity contribution < 1.29 is 97.7 Å². The minimum atomic E-state index is -5.77. The zero-order chi connectivity index (χ0) is 17.9. The fourth-order valence-electron chi connectivity index (χ4n) is 1.89. The van der Waals surface area contributed by atoms with Crippen LogP contribution >= 0.6 is 15.2 Å². The van der Waals surface area contributed by atoms with Crippen molar-refractivity contribution >= 4 is 21.1 Å². The molecule has 130 valence electrons. The van der Waals surface area contributed by atoms with E-state index in [0.717, 1.165) is 0 Å². The van der Waals surface area contributed by atoms with Gasteiger partial charge in [-0.25, -0.2) is 0 Å². The van der Waals surface area contributed by atoms with Crippen LogP contribution in [0.3, 0.4) is 0 Å². The van der Waals surface area contributed by atoms with Crippen LogP contribution in [0.25, 0.3) is 0 Å². The Morgan fingerprint density at radius 2 is 1.64 bits per heavy atom. The molecule has 13 heteroatoms. The zero-order valence-electron chi connectivity index (χ0n) is 14.2. The third-order valence-corrected chi connectivity index (χ3v) is 7.04. The van der Waals surface area contributed by atoms with Crippen molar-refractivity contribution in [1.82, 2.24) is 5.32 Å². The van der Waals surface area contributed by atoms with Gasteiger partial charge in [-0.05, 0) is 31.4 Å². The molecule has 25 heavy (non-hydrogen) atoms. The Balaban J connectivity index is 0. The average Bonchev–Trinajstić information content (AvgIpc) is 2.41. The number of hydrogen-bond acceptors (Lipinski definition) is 6. The van der Waals surface area contributed by atoms with E-state index in [1.54, 1.807) is 31.2 Å². The first-order chi connectivity index (χ1) is 10.4. The molecule has 0 bridgehead atoms. The molecule has 0 aliphatic carbocycles. The van der Waals surface area contributed by atoms with E-state index >= 15 is 0 Å². The number of aryl methyl sites for hydroxylation is 1. The Kier molecular flexibility index (Phi) is 12.5. The summed E-state index contributed by atoms with van der Waals surface area (Å²) < 4.78 is 22.0. The molecule has 1 amide bonds. The molecule has 4 N–H and O–H groups in total. The van der Waals surface area contributed by atoms with Crippen molar-refractivity contribution in [2.24, 2.45) is 0 Å². The van der Waals surface area contributed by atoms with E-state index in [0.29, 0.717) is 11.1 Å². The number of aliphatic hydroxyl groups is 1. The van der Waals surface area contributed by atoms with E-state index in [-0.39, 0.29) is 72.1 Å². The van der Waals surface area contributed by atoms with E-state index in [4.69, 9.17) is 9.79 Å². The average molecular weight is 411 g/mol. The van der Waals surface area contributed by atoms with Crippen LogP contribution in [0.15, 0.2) is 24.3 Å². The third kappa shape index (κ3) is 7.47. The Bertz CT molecular complexity index is 653. The monoisotopic (exact) mass is 411 g/mol. The van der Waals surface area contributed by atoms with Gasteiger partial charge in [-0.2, -0.15) is 0 Å². The minimum absolute atomic E-state index is 0. The quantitative estimate of drug-likeness (QED) is 0.195. The van der Waals surface area contributed by atoms with Gasteiger partial charge in [-0.3, -0.25) is 4.79 Å². The fraction of sp³-hybridized carbons (Fsp3) is 0.417. The maximum atomic E-state index is 11.9. The van der Waals surface area contributed by atoms with Crippen molar-refractivity contribution in [3.8, 4) is 0 Å². The Morgan fingerprint density at radius 1 is 1.16 bits per heavy atom. The molecule has 2 unspecified atom stereocenters. The maximum absolute atomic E-state index is 11.9. The Hall–Kier alpha value is 0.950. The van der Waals surface area contributed by atoms with Gasteiger partial charge in [0.1, 0.15) is 0 Å². The molecule has 2 atom stereocenters. The molecular formula is C12H17NNa2O8P2. The number of benzene rings is 1. The minimum Gasteiger partial charge on any atom is -0.776 e. The molecule has 0 aromatic heterocycles. The normalized spacial score (nSPS) is 17.7. The van der Waals surface area contributed by atoms with Gasteiger partial charge in [0.25, 0.3) is 5.91 Å². The predicted octanol–water partition coefficient (Wildman–Crippen LogP) is -6.75. The molecule has 0 aliphatic rings. The second kappa shape index (κ2) is 11.1. The number of amides is 1. The van der Waals surface area contributed by atoms with Crippen LogP contribution in [-0.4, -0.2) is 32.4 Å². The summed E-state index contributed by atoms with van der Waals surface area (Å²) in [5.74, 6) is -0.463. The molecule has 0 heterocycles. The summed E-state index contributed by atoms with van der Waals surface area (Å²) in [7, 11) is -11.5. The fourth-order valence-corrected chi connectivity index (χ4v) is 4.05. The van der Waals surface area contributed by atoms with E-state index in [1.807, 2.05) is 0 Å². The van der Waals surface area contributed by atoms with Crippen LogP contribution in [0.4, 0.5) is 0 Å². The molecule has 0 fully saturated rings. The largest absolute Gasteiger partial charge is 1.00 e. The van der Waals surface area contributed by atoms with Crippen LogP contribution < -0.4 is 74.2 Å². The van der Waals surface area contributed by atoms with Crippen molar-refractivity contribution in [3.05, 3.63) is 35.4 Å². The maximum Gasteiger partial charge on any atom is 1.00 e. The van der Waals surface area contributed by atoms with Gasteiger partial charge in [-0.1, -0.05) is 18.2 Å². The number of carbonyl (C=O) groups excluding carboxylic acids is 1. The first-order valence-electron chi connectivity index (χ1n) is 6.54. The van der Waals surface area contributed by atoms with Crippen LogP contribution in [0.2, 0.25) is 0 Å². The van der Waals surface area contributed by atoms with Crippen molar-refractivity contribution in [2.75, 3.05) is 6.54 Å². The van der Waals surface area contributed by atoms with Crippen LogP contribution in [0, 0.1) is 6.92 Å². The number of hydrogen-bond donors (Lipinski definition) is 4. The number of rotatable bonds is 7. The number of nitrogens with one attached hydrogen (secondary N) is 1. The molecule has 0 saturated heterocycles. The molecule has 0 saturated carbocycles. The zero-order valence-corrected chi connectivity index (χ0v) is 20.0. The van der Waals surface area contributed by atoms with Gasteiger partial charge < -0.3 is 39.1 Å². The SMILES string of the molecule is Cc1ccccc1C(=O)NCCCC(O)(P(=O)([O-])O)P(=O)([O-])O.[Na+].[Na+]. The topological polar surface area (TPSA) is 170 Å². The molecule has 1 aromatic rings. The summed E-state index contributed by atoms with van der Waals surface area (Å²) in [5, 5.41) is 8.29. The van der Waals surface area contributed by atoms with Crippen LogP contribution in [0.5, 0.6) is 0 Å². The summed E-state index contributed by atoms with van der Waals surface area (Å²) in [6, 6.07) is 6.68. The van der Waals surface area contributed by atoms with Gasteiger partial charge in [0, 0.05) is 12.1 Å². The Morgan fingerprint density at radius 3 is 2.08 bits per heavy atom. The molecular weight excluding hydrogens is 394 g/mol. The summed E-state index contributed by atoms with van der Waals surface area (Å²) >= 11 is 0. The van der Waals surface area contributed by atoms with Gasteiger partial charge in [0.2, 0.25) is 0 Å². The van der Waals surface area contributed by atoms with E-state index in [2.05, 4.69) is 5.32 Å². The second-order valence-electron chi connectivity index (χ2n) is 4.99. The summed E-state index contributed by atoms with van der Waals surface area (Å²) in [5.41, 5.74) is 1.09. The molecule has 0 aliphatic heterocycles.